The van der Waals surface area contributed by atoms with Gasteiger partial charge in [0.1, 0.15) is 34.7 Å². The largest absolute Gasteiger partial charge is 0.467 e. The highest BCUT2D eigenvalue weighted by Crippen LogP contribution is 2.25. The van der Waals surface area contributed by atoms with Crippen LogP contribution >= 0.6 is 0 Å². The normalized spacial score (nSPS) is 11.1. The van der Waals surface area contributed by atoms with Crippen molar-refractivity contribution in [2.24, 2.45) is 0 Å². The molecule has 0 saturated heterocycles. The van der Waals surface area contributed by atoms with Gasteiger partial charge in [0.2, 0.25) is 0 Å². The number of rotatable bonds is 5. The molecule has 0 aliphatic heterocycles. The van der Waals surface area contributed by atoms with E-state index in [1.807, 2.05) is 6.07 Å². The molecule has 1 aromatic carbocycles. The zero-order chi connectivity index (χ0) is 17.6. The number of furan rings is 2. The number of hydrogen-bond acceptors (Lipinski definition) is 4. The maximum atomic E-state index is 13.8. The van der Waals surface area contributed by atoms with Crippen LogP contribution in [0, 0.1) is 17.1 Å². The van der Waals surface area contributed by atoms with Crippen molar-refractivity contribution >= 4 is 12.0 Å². The van der Waals surface area contributed by atoms with E-state index >= 15 is 0 Å². The third-order valence-electron chi connectivity index (χ3n) is 3.42. The van der Waals surface area contributed by atoms with E-state index < -0.39 is 11.7 Å². The molecule has 0 unspecified atom stereocenters. The molecule has 5 nitrogen and oxygen atoms in total. The molecule has 124 valence electrons. The first kappa shape index (κ1) is 16.3. The molecule has 0 bridgehead atoms. The lowest BCUT2D eigenvalue weighted by Crippen LogP contribution is -2.23. The van der Waals surface area contributed by atoms with Crippen LogP contribution in [0.2, 0.25) is 0 Å². The summed E-state index contributed by atoms with van der Waals surface area (Å²) in [7, 11) is 0. The number of nitriles is 1. The minimum atomic E-state index is -0.553. The summed E-state index contributed by atoms with van der Waals surface area (Å²) in [5.74, 6) is 0.206. The first-order valence-electron chi connectivity index (χ1n) is 7.44. The third-order valence-corrected chi connectivity index (χ3v) is 3.42. The smallest absolute Gasteiger partial charge is 0.262 e. The van der Waals surface area contributed by atoms with E-state index in [4.69, 9.17) is 8.83 Å². The predicted octanol–water partition coefficient (Wildman–Crippen LogP) is 3.90. The van der Waals surface area contributed by atoms with Crippen LogP contribution in [0.5, 0.6) is 0 Å². The second kappa shape index (κ2) is 7.32. The lowest BCUT2D eigenvalue weighted by molar-refractivity contribution is -0.117. The molecule has 1 amide bonds. The molecule has 0 atom stereocenters. The van der Waals surface area contributed by atoms with E-state index in [1.165, 1.54) is 18.4 Å². The topological polar surface area (TPSA) is 79.2 Å². The molecule has 6 heteroatoms. The van der Waals surface area contributed by atoms with Crippen LogP contribution in [-0.2, 0) is 11.3 Å². The van der Waals surface area contributed by atoms with E-state index in [9.17, 15) is 14.4 Å². The highest BCUT2D eigenvalue weighted by atomic mass is 19.1. The summed E-state index contributed by atoms with van der Waals surface area (Å²) >= 11 is 0. The molecule has 3 aromatic rings. The number of halogens is 1. The molecule has 0 fully saturated rings. The number of hydrogen-bond donors (Lipinski definition) is 1. The number of amides is 1. The van der Waals surface area contributed by atoms with Crippen LogP contribution in [0.25, 0.3) is 17.4 Å². The monoisotopic (exact) mass is 336 g/mol. The van der Waals surface area contributed by atoms with Gasteiger partial charge < -0.3 is 14.2 Å². The van der Waals surface area contributed by atoms with Crippen molar-refractivity contribution in [2.45, 2.75) is 6.54 Å². The highest BCUT2D eigenvalue weighted by molar-refractivity contribution is 6.01. The third kappa shape index (κ3) is 3.85. The Morgan fingerprint density at radius 1 is 1.20 bits per heavy atom. The zero-order valence-electron chi connectivity index (χ0n) is 13.0. The second-order valence-corrected chi connectivity index (χ2v) is 5.11. The zero-order valence-corrected chi connectivity index (χ0v) is 13.0. The van der Waals surface area contributed by atoms with Crippen molar-refractivity contribution in [1.82, 2.24) is 5.32 Å². The van der Waals surface area contributed by atoms with Gasteiger partial charge >= 0.3 is 0 Å². The van der Waals surface area contributed by atoms with Gasteiger partial charge in [0, 0.05) is 6.08 Å². The van der Waals surface area contributed by atoms with Crippen molar-refractivity contribution in [3.05, 3.63) is 77.7 Å². The minimum absolute atomic E-state index is 0.124. The van der Waals surface area contributed by atoms with Gasteiger partial charge in [-0.3, -0.25) is 4.79 Å². The highest BCUT2D eigenvalue weighted by Gasteiger charge is 2.12. The Balaban J connectivity index is 1.75. The first-order chi connectivity index (χ1) is 12.2. The van der Waals surface area contributed by atoms with Gasteiger partial charge in [-0.25, -0.2) is 4.39 Å². The molecule has 0 radical (unpaired) electrons. The van der Waals surface area contributed by atoms with Gasteiger partial charge in [0.15, 0.2) is 0 Å². The Hall–Kier alpha value is -3.59. The van der Waals surface area contributed by atoms with Crippen molar-refractivity contribution in [2.75, 3.05) is 0 Å². The van der Waals surface area contributed by atoms with Crippen molar-refractivity contribution in [3.8, 4) is 17.4 Å². The van der Waals surface area contributed by atoms with E-state index in [-0.39, 0.29) is 17.9 Å². The number of nitrogens with one attached hydrogen (secondary N) is 1. The van der Waals surface area contributed by atoms with Gasteiger partial charge in [-0.05, 0) is 36.4 Å². The summed E-state index contributed by atoms with van der Waals surface area (Å²) < 4.78 is 24.4. The predicted molar refractivity (Wildman–Crippen MR) is 88.2 cm³/mol. The average molecular weight is 336 g/mol. The van der Waals surface area contributed by atoms with Gasteiger partial charge in [-0.15, -0.1) is 0 Å². The van der Waals surface area contributed by atoms with E-state index in [2.05, 4.69) is 5.32 Å². The summed E-state index contributed by atoms with van der Waals surface area (Å²) in [6.07, 6.45) is 2.80. The minimum Gasteiger partial charge on any atom is -0.467 e. The van der Waals surface area contributed by atoms with Crippen LogP contribution in [0.15, 0.2) is 69.2 Å². The Labute approximate surface area is 143 Å². The van der Waals surface area contributed by atoms with E-state index in [0.717, 1.165) is 0 Å². The lowest BCUT2D eigenvalue weighted by atomic mass is 10.1. The summed E-state index contributed by atoms with van der Waals surface area (Å²) in [4.78, 5) is 12.1. The van der Waals surface area contributed by atoms with Gasteiger partial charge in [0.25, 0.3) is 5.91 Å². The Morgan fingerprint density at radius 3 is 2.76 bits per heavy atom. The number of benzene rings is 1. The maximum Gasteiger partial charge on any atom is 0.262 e. The standard InChI is InChI=1S/C19H13FN2O3/c20-17-6-2-1-5-16(17)18-8-7-14(25-18)10-13(11-21)19(23)22-12-15-4-3-9-24-15/h1-10H,12H2,(H,22,23)/b13-10+. The van der Waals surface area contributed by atoms with Crippen LogP contribution < -0.4 is 5.32 Å². The van der Waals surface area contributed by atoms with Gasteiger partial charge in [-0.2, -0.15) is 5.26 Å². The molecule has 0 aliphatic carbocycles. The maximum absolute atomic E-state index is 13.8. The molecular formula is C19H13FN2O3. The van der Waals surface area contributed by atoms with Gasteiger partial charge in [0.05, 0.1) is 18.4 Å². The fourth-order valence-electron chi connectivity index (χ4n) is 2.20. The Kier molecular flexibility index (Phi) is 4.77. The molecule has 2 heterocycles. The molecule has 0 saturated carbocycles. The quantitative estimate of drug-likeness (QED) is 0.566. The Morgan fingerprint density at radius 2 is 2.04 bits per heavy atom. The second-order valence-electron chi connectivity index (χ2n) is 5.11. The first-order valence-corrected chi connectivity index (χ1v) is 7.44. The van der Waals surface area contributed by atoms with Crippen molar-refractivity contribution in [3.63, 3.8) is 0 Å². The number of carbonyl (C=O) groups is 1. The summed E-state index contributed by atoms with van der Waals surface area (Å²) in [6.45, 7) is 0.170. The van der Waals surface area contributed by atoms with Crippen LogP contribution in [0.1, 0.15) is 11.5 Å². The fraction of sp³-hybridized carbons (Fsp3) is 0.0526. The van der Waals surface area contributed by atoms with Crippen LogP contribution in [-0.4, -0.2) is 5.91 Å². The van der Waals surface area contributed by atoms with Gasteiger partial charge in [-0.1, -0.05) is 12.1 Å². The van der Waals surface area contributed by atoms with Crippen molar-refractivity contribution in [1.29, 1.82) is 5.26 Å². The van der Waals surface area contributed by atoms with Crippen LogP contribution in [0.3, 0.4) is 0 Å². The molecule has 0 spiro atoms. The lowest BCUT2D eigenvalue weighted by Gasteiger charge is -2.01. The SMILES string of the molecule is N#C/C(=C\c1ccc(-c2ccccc2F)o1)C(=O)NCc1ccco1. The molecule has 25 heavy (non-hydrogen) atoms. The van der Waals surface area contributed by atoms with Crippen LogP contribution in [0.4, 0.5) is 4.39 Å². The summed E-state index contributed by atoms with van der Waals surface area (Å²) in [6, 6.07) is 14.6. The number of nitrogens with zero attached hydrogens (tertiary/aromatic N) is 1. The van der Waals surface area contributed by atoms with Crippen molar-refractivity contribution < 1.29 is 18.0 Å². The van der Waals surface area contributed by atoms with E-state index in [1.54, 1.807) is 42.5 Å². The molecule has 2 aromatic heterocycles. The number of carbonyl (C=O) groups excluding carboxylic acids is 1. The molecule has 0 aliphatic rings. The summed E-state index contributed by atoms with van der Waals surface area (Å²) in [5.41, 5.74) is 0.184. The molecule has 3 rings (SSSR count). The Bertz CT molecular complexity index is 949. The fourth-order valence-corrected chi connectivity index (χ4v) is 2.20. The average Bonchev–Trinajstić information content (AvgIpc) is 3.30. The summed E-state index contributed by atoms with van der Waals surface area (Å²) in [5, 5.41) is 11.8. The van der Waals surface area contributed by atoms with E-state index in [0.29, 0.717) is 17.1 Å². The molecular weight excluding hydrogens is 323 g/mol. The molecule has 1 N–H and O–H groups in total.